The average Bonchev–Trinajstić information content (AvgIpc) is 3.02. The van der Waals surface area contributed by atoms with Crippen LogP contribution in [-0.2, 0) is 6.54 Å². The number of benzene rings is 1. The summed E-state index contributed by atoms with van der Waals surface area (Å²) in [4.78, 5) is 0. The zero-order valence-corrected chi connectivity index (χ0v) is 13.0. The summed E-state index contributed by atoms with van der Waals surface area (Å²) in [5, 5.41) is 5.43. The normalized spacial score (nSPS) is 16.1. The fourth-order valence-electron chi connectivity index (χ4n) is 2.73. The molecule has 1 aliphatic rings. The van der Waals surface area contributed by atoms with E-state index < -0.39 is 0 Å². The first-order chi connectivity index (χ1) is 9.24. The first-order valence-electron chi connectivity index (χ1n) is 6.70. The summed E-state index contributed by atoms with van der Waals surface area (Å²) < 4.78 is 3.00. The van der Waals surface area contributed by atoms with E-state index in [1.54, 1.807) is 0 Å². The molecular weight excluding hydrogens is 324 g/mol. The van der Waals surface area contributed by atoms with E-state index in [0.29, 0.717) is 12.5 Å². The van der Waals surface area contributed by atoms with Crippen LogP contribution in [0.3, 0.4) is 0 Å². The van der Waals surface area contributed by atoms with Crippen LogP contribution in [-0.4, -0.2) is 9.78 Å². The zero-order valence-electron chi connectivity index (χ0n) is 10.6. The van der Waals surface area contributed by atoms with Crippen LogP contribution in [0.5, 0.6) is 0 Å². The van der Waals surface area contributed by atoms with Crippen molar-refractivity contribution in [2.75, 3.05) is 0 Å². The lowest BCUT2D eigenvalue weighted by molar-refractivity contribution is 0.628. The SMILES string of the molecule is Clc1cc(C2CCCC2)nn1Cc1ccccc1Br. The van der Waals surface area contributed by atoms with Gasteiger partial charge in [0.1, 0.15) is 5.15 Å². The Morgan fingerprint density at radius 1 is 1.26 bits per heavy atom. The van der Waals surface area contributed by atoms with Gasteiger partial charge in [0.15, 0.2) is 0 Å². The lowest BCUT2D eigenvalue weighted by Gasteiger charge is -2.06. The summed E-state index contributed by atoms with van der Waals surface area (Å²) in [6, 6.07) is 10.2. The van der Waals surface area contributed by atoms with Crippen molar-refractivity contribution in [3.63, 3.8) is 0 Å². The molecule has 0 saturated heterocycles. The number of aromatic nitrogens is 2. The highest BCUT2D eigenvalue weighted by Crippen LogP contribution is 2.34. The van der Waals surface area contributed by atoms with Crippen molar-refractivity contribution in [2.45, 2.75) is 38.1 Å². The minimum atomic E-state index is 0.609. The van der Waals surface area contributed by atoms with Gasteiger partial charge in [-0.25, -0.2) is 4.68 Å². The Balaban J connectivity index is 1.83. The summed E-state index contributed by atoms with van der Waals surface area (Å²) in [7, 11) is 0. The summed E-state index contributed by atoms with van der Waals surface area (Å²) in [6.45, 7) is 0.715. The quantitative estimate of drug-likeness (QED) is 0.769. The Labute approximate surface area is 126 Å². The van der Waals surface area contributed by atoms with Gasteiger partial charge in [-0.2, -0.15) is 5.10 Å². The second-order valence-corrected chi connectivity index (χ2v) is 6.36. The van der Waals surface area contributed by atoms with Gasteiger partial charge in [0, 0.05) is 10.4 Å². The smallest absolute Gasteiger partial charge is 0.127 e. The molecule has 19 heavy (non-hydrogen) atoms. The maximum Gasteiger partial charge on any atom is 0.127 e. The van der Waals surface area contributed by atoms with E-state index >= 15 is 0 Å². The molecule has 4 heteroatoms. The Morgan fingerprint density at radius 3 is 2.74 bits per heavy atom. The molecule has 0 bridgehead atoms. The molecule has 1 heterocycles. The number of hydrogen-bond donors (Lipinski definition) is 0. The fourth-order valence-corrected chi connectivity index (χ4v) is 3.35. The maximum absolute atomic E-state index is 6.31. The molecule has 0 spiro atoms. The molecule has 100 valence electrons. The first kappa shape index (κ1) is 13.2. The van der Waals surface area contributed by atoms with E-state index in [1.807, 2.05) is 28.9 Å². The van der Waals surface area contributed by atoms with Gasteiger partial charge in [-0.1, -0.05) is 58.6 Å². The van der Waals surface area contributed by atoms with Crippen LogP contribution in [0.1, 0.15) is 42.9 Å². The number of halogens is 2. The van der Waals surface area contributed by atoms with E-state index in [9.17, 15) is 0 Å². The third kappa shape index (κ3) is 2.87. The van der Waals surface area contributed by atoms with E-state index in [0.717, 1.165) is 15.3 Å². The molecule has 0 amide bonds. The molecule has 2 aromatic rings. The van der Waals surface area contributed by atoms with Crippen LogP contribution in [0.25, 0.3) is 0 Å². The van der Waals surface area contributed by atoms with Crippen molar-refractivity contribution in [3.05, 3.63) is 51.2 Å². The first-order valence-corrected chi connectivity index (χ1v) is 7.88. The van der Waals surface area contributed by atoms with Crippen LogP contribution < -0.4 is 0 Å². The van der Waals surface area contributed by atoms with Crippen molar-refractivity contribution in [1.82, 2.24) is 9.78 Å². The molecule has 1 saturated carbocycles. The fraction of sp³-hybridized carbons (Fsp3) is 0.400. The number of rotatable bonds is 3. The van der Waals surface area contributed by atoms with Gasteiger partial charge in [-0.15, -0.1) is 0 Å². The van der Waals surface area contributed by atoms with E-state index in [4.69, 9.17) is 16.7 Å². The Morgan fingerprint density at radius 2 is 2.00 bits per heavy atom. The highest BCUT2D eigenvalue weighted by molar-refractivity contribution is 9.10. The van der Waals surface area contributed by atoms with Crippen LogP contribution >= 0.6 is 27.5 Å². The third-order valence-corrected chi connectivity index (χ3v) is 4.88. The Kier molecular flexibility index (Phi) is 3.94. The molecule has 0 aliphatic heterocycles. The minimum Gasteiger partial charge on any atom is -0.249 e. The summed E-state index contributed by atoms with van der Waals surface area (Å²) >= 11 is 9.88. The van der Waals surface area contributed by atoms with Crippen LogP contribution in [0.2, 0.25) is 5.15 Å². The van der Waals surface area contributed by atoms with Crippen molar-refractivity contribution < 1.29 is 0 Å². The van der Waals surface area contributed by atoms with Crippen LogP contribution in [0, 0.1) is 0 Å². The lowest BCUT2D eigenvalue weighted by atomic mass is 10.1. The predicted molar refractivity (Wildman–Crippen MR) is 81.7 cm³/mol. The zero-order chi connectivity index (χ0) is 13.2. The van der Waals surface area contributed by atoms with Gasteiger partial charge in [-0.05, 0) is 30.5 Å². The predicted octanol–water partition coefficient (Wildman–Crippen LogP) is 5.00. The van der Waals surface area contributed by atoms with Gasteiger partial charge in [0.25, 0.3) is 0 Å². The molecule has 0 N–H and O–H groups in total. The Hall–Kier alpha value is -0.800. The molecular formula is C15H16BrClN2. The van der Waals surface area contributed by atoms with Gasteiger partial charge < -0.3 is 0 Å². The summed E-state index contributed by atoms with van der Waals surface area (Å²) in [6.07, 6.45) is 5.14. The van der Waals surface area contributed by atoms with Crippen molar-refractivity contribution in [2.24, 2.45) is 0 Å². The van der Waals surface area contributed by atoms with Crippen molar-refractivity contribution >= 4 is 27.5 Å². The molecule has 1 aliphatic carbocycles. The minimum absolute atomic E-state index is 0.609. The second-order valence-electron chi connectivity index (χ2n) is 5.12. The third-order valence-electron chi connectivity index (χ3n) is 3.80. The molecule has 0 atom stereocenters. The van der Waals surface area contributed by atoms with E-state index in [2.05, 4.69) is 22.0 Å². The summed E-state index contributed by atoms with van der Waals surface area (Å²) in [5.41, 5.74) is 2.36. The van der Waals surface area contributed by atoms with Crippen LogP contribution in [0.4, 0.5) is 0 Å². The maximum atomic E-state index is 6.31. The molecule has 1 aromatic heterocycles. The molecule has 1 fully saturated rings. The highest BCUT2D eigenvalue weighted by atomic mass is 79.9. The molecule has 1 aromatic carbocycles. The molecule has 3 rings (SSSR count). The van der Waals surface area contributed by atoms with Gasteiger partial charge in [0.05, 0.1) is 12.2 Å². The standard InChI is InChI=1S/C15H16BrClN2/c16-13-8-4-3-7-12(13)10-19-15(17)9-14(18-19)11-5-1-2-6-11/h3-4,7-9,11H,1-2,5-6,10H2. The largest absolute Gasteiger partial charge is 0.249 e. The summed E-state index contributed by atoms with van der Waals surface area (Å²) in [5.74, 6) is 0.609. The van der Waals surface area contributed by atoms with Crippen molar-refractivity contribution in [3.8, 4) is 0 Å². The van der Waals surface area contributed by atoms with Gasteiger partial charge in [-0.3, -0.25) is 0 Å². The van der Waals surface area contributed by atoms with E-state index in [1.165, 1.54) is 31.2 Å². The average molecular weight is 340 g/mol. The topological polar surface area (TPSA) is 17.8 Å². The molecule has 0 unspecified atom stereocenters. The number of hydrogen-bond acceptors (Lipinski definition) is 1. The molecule has 2 nitrogen and oxygen atoms in total. The van der Waals surface area contributed by atoms with E-state index in [-0.39, 0.29) is 0 Å². The highest BCUT2D eigenvalue weighted by Gasteiger charge is 2.21. The van der Waals surface area contributed by atoms with Gasteiger partial charge in [0.2, 0.25) is 0 Å². The second kappa shape index (κ2) is 5.68. The van der Waals surface area contributed by atoms with Crippen LogP contribution in [0.15, 0.2) is 34.8 Å². The lowest BCUT2D eigenvalue weighted by Crippen LogP contribution is -2.04. The number of nitrogens with zero attached hydrogens (tertiary/aromatic N) is 2. The van der Waals surface area contributed by atoms with Crippen molar-refractivity contribution in [1.29, 1.82) is 0 Å². The monoisotopic (exact) mass is 338 g/mol. The Bertz CT molecular complexity index is 573. The van der Waals surface area contributed by atoms with Gasteiger partial charge >= 0.3 is 0 Å². The molecule has 0 radical (unpaired) electrons.